The SMILES string of the molecule is O=C(c1cccc(-c2ccc(N/N=C/c3ccc4c(c3)CC=CN4)nc2)c1)N1CCOCC1. The molecule has 166 valence electrons. The minimum atomic E-state index is 0.0368. The molecule has 7 heteroatoms. The number of morpholine rings is 1. The van der Waals surface area contributed by atoms with Crippen LogP contribution in [0.15, 0.2) is 78.2 Å². The van der Waals surface area contributed by atoms with E-state index in [4.69, 9.17) is 4.74 Å². The van der Waals surface area contributed by atoms with E-state index in [1.165, 1.54) is 5.56 Å². The molecule has 0 spiro atoms. The number of amides is 1. The number of aromatic nitrogens is 1. The topological polar surface area (TPSA) is 78.8 Å². The third-order valence-electron chi connectivity index (χ3n) is 5.72. The Labute approximate surface area is 192 Å². The lowest BCUT2D eigenvalue weighted by Gasteiger charge is -2.27. The molecule has 3 heterocycles. The van der Waals surface area contributed by atoms with E-state index in [0.29, 0.717) is 37.7 Å². The summed E-state index contributed by atoms with van der Waals surface area (Å²) in [7, 11) is 0. The van der Waals surface area contributed by atoms with Crippen molar-refractivity contribution >= 4 is 23.6 Å². The zero-order valence-electron chi connectivity index (χ0n) is 18.2. The highest BCUT2D eigenvalue weighted by Crippen LogP contribution is 2.23. The molecule has 2 aliphatic rings. The van der Waals surface area contributed by atoms with Crippen LogP contribution in [0, 0.1) is 0 Å². The maximum Gasteiger partial charge on any atom is 0.254 e. The molecule has 2 aromatic carbocycles. The molecule has 7 nitrogen and oxygen atoms in total. The standard InChI is InChI=1S/C26H25N5O2/c32-26(31-11-13-33-14-12-31)22-4-1-3-20(16-22)23-7-9-25(28-18-23)30-29-17-19-6-8-24-21(15-19)5-2-10-27-24/h1-4,6-10,15-18,27H,5,11-14H2,(H,28,30)/b29-17+. The van der Waals surface area contributed by atoms with E-state index in [1.807, 2.05) is 53.6 Å². The highest BCUT2D eigenvalue weighted by atomic mass is 16.5. The van der Waals surface area contributed by atoms with Crippen molar-refractivity contribution < 1.29 is 9.53 Å². The number of hydrazone groups is 1. The third kappa shape index (κ3) is 4.94. The number of ether oxygens (including phenoxy) is 1. The summed E-state index contributed by atoms with van der Waals surface area (Å²) >= 11 is 0. The first-order chi connectivity index (χ1) is 16.3. The summed E-state index contributed by atoms with van der Waals surface area (Å²) in [6.07, 6.45) is 8.55. The molecule has 1 amide bonds. The molecule has 0 bridgehead atoms. The Morgan fingerprint density at radius 1 is 1.09 bits per heavy atom. The Bertz CT molecular complexity index is 1200. The van der Waals surface area contributed by atoms with Crippen molar-refractivity contribution in [3.05, 3.63) is 89.8 Å². The Kier molecular flexibility index (Phi) is 6.12. The number of benzene rings is 2. The van der Waals surface area contributed by atoms with Gasteiger partial charge in [-0.1, -0.05) is 24.3 Å². The normalized spacial score (nSPS) is 15.2. The number of rotatable bonds is 5. The summed E-state index contributed by atoms with van der Waals surface area (Å²) in [4.78, 5) is 19.1. The van der Waals surface area contributed by atoms with Gasteiger partial charge in [0.25, 0.3) is 5.91 Å². The quantitative estimate of drug-likeness (QED) is 0.461. The van der Waals surface area contributed by atoms with Gasteiger partial charge >= 0.3 is 0 Å². The van der Waals surface area contributed by atoms with Crippen molar-refractivity contribution in [2.24, 2.45) is 5.10 Å². The Morgan fingerprint density at radius 3 is 2.85 bits per heavy atom. The van der Waals surface area contributed by atoms with Crippen LogP contribution in [-0.4, -0.2) is 48.3 Å². The van der Waals surface area contributed by atoms with Gasteiger partial charge in [-0.3, -0.25) is 10.2 Å². The second-order valence-corrected chi connectivity index (χ2v) is 7.95. The number of hydrogen-bond donors (Lipinski definition) is 2. The van der Waals surface area contributed by atoms with Gasteiger partial charge in [-0.25, -0.2) is 4.98 Å². The average Bonchev–Trinajstić information content (AvgIpc) is 2.89. The molecular weight excluding hydrogens is 414 g/mol. The van der Waals surface area contributed by atoms with E-state index >= 15 is 0 Å². The molecule has 2 aliphatic heterocycles. The number of pyridine rings is 1. The number of anilines is 2. The number of allylic oxidation sites excluding steroid dienone is 1. The highest BCUT2D eigenvalue weighted by molar-refractivity contribution is 5.95. The minimum absolute atomic E-state index is 0.0368. The minimum Gasteiger partial charge on any atom is -0.378 e. The fraction of sp³-hybridized carbons (Fsp3) is 0.192. The number of carbonyl (C=O) groups is 1. The van der Waals surface area contributed by atoms with E-state index in [0.717, 1.165) is 28.8 Å². The molecule has 1 fully saturated rings. The lowest BCUT2D eigenvalue weighted by Crippen LogP contribution is -2.40. The number of nitrogens with zero attached hydrogens (tertiary/aromatic N) is 3. The van der Waals surface area contributed by atoms with Gasteiger partial charge in [-0.2, -0.15) is 5.10 Å². The predicted octanol–water partition coefficient (Wildman–Crippen LogP) is 4.15. The lowest BCUT2D eigenvalue weighted by atomic mass is 10.0. The molecular formula is C26H25N5O2. The number of nitrogens with one attached hydrogen (secondary N) is 2. The average molecular weight is 440 g/mol. The predicted molar refractivity (Wildman–Crippen MR) is 131 cm³/mol. The number of hydrogen-bond acceptors (Lipinski definition) is 6. The van der Waals surface area contributed by atoms with Crippen LogP contribution in [0.2, 0.25) is 0 Å². The number of carbonyl (C=O) groups excluding carboxylic acids is 1. The summed E-state index contributed by atoms with van der Waals surface area (Å²) in [5.41, 5.74) is 8.96. The van der Waals surface area contributed by atoms with Gasteiger partial charge in [-0.15, -0.1) is 0 Å². The van der Waals surface area contributed by atoms with Crippen molar-refractivity contribution in [1.82, 2.24) is 9.88 Å². The van der Waals surface area contributed by atoms with Crippen LogP contribution in [0.25, 0.3) is 11.1 Å². The summed E-state index contributed by atoms with van der Waals surface area (Å²) in [5.74, 6) is 0.688. The van der Waals surface area contributed by atoms with Crippen LogP contribution in [0.3, 0.4) is 0 Å². The third-order valence-corrected chi connectivity index (χ3v) is 5.72. The summed E-state index contributed by atoms with van der Waals surface area (Å²) in [6.45, 7) is 2.44. The fourth-order valence-corrected chi connectivity index (χ4v) is 3.92. The van der Waals surface area contributed by atoms with E-state index in [-0.39, 0.29) is 5.91 Å². The highest BCUT2D eigenvalue weighted by Gasteiger charge is 2.18. The van der Waals surface area contributed by atoms with Gasteiger partial charge in [0.05, 0.1) is 19.4 Å². The molecule has 0 atom stereocenters. The number of fused-ring (bicyclic) bond motifs is 1. The van der Waals surface area contributed by atoms with Crippen LogP contribution in [0.1, 0.15) is 21.5 Å². The summed E-state index contributed by atoms with van der Waals surface area (Å²) in [5, 5.41) is 7.56. The smallest absolute Gasteiger partial charge is 0.254 e. The van der Waals surface area contributed by atoms with Crippen molar-refractivity contribution in [1.29, 1.82) is 0 Å². The Balaban J connectivity index is 1.23. The fourth-order valence-electron chi connectivity index (χ4n) is 3.92. The zero-order valence-corrected chi connectivity index (χ0v) is 18.2. The van der Waals surface area contributed by atoms with Gasteiger partial charge in [0.15, 0.2) is 0 Å². The molecule has 1 aromatic heterocycles. The van der Waals surface area contributed by atoms with Crippen LogP contribution in [0.4, 0.5) is 11.5 Å². The Hall–Kier alpha value is -3.97. The molecule has 0 aliphatic carbocycles. The lowest BCUT2D eigenvalue weighted by molar-refractivity contribution is 0.0303. The van der Waals surface area contributed by atoms with Gasteiger partial charge in [0, 0.05) is 36.1 Å². The van der Waals surface area contributed by atoms with E-state index < -0.39 is 0 Å². The Morgan fingerprint density at radius 2 is 2.00 bits per heavy atom. The first-order valence-electron chi connectivity index (χ1n) is 11.0. The van der Waals surface area contributed by atoms with Crippen molar-refractivity contribution in [3.63, 3.8) is 0 Å². The monoisotopic (exact) mass is 439 g/mol. The second-order valence-electron chi connectivity index (χ2n) is 7.95. The van der Waals surface area contributed by atoms with Crippen LogP contribution < -0.4 is 10.7 Å². The van der Waals surface area contributed by atoms with E-state index in [9.17, 15) is 4.79 Å². The molecule has 0 saturated carbocycles. The van der Waals surface area contributed by atoms with Crippen molar-refractivity contribution in [2.45, 2.75) is 6.42 Å². The van der Waals surface area contributed by atoms with Gasteiger partial charge in [0.2, 0.25) is 0 Å². The summed E-state index contributed by atoms with van der Waals surface area (Å²) < 4.78 is 5.34. The van der Waals surface area contributed by atoms with Crippen LogP contribution >= 0.6 is 0 Å². The molecule has 0 unspecified atom stereocenters. The first-order valence-corrected chi connectivity index (χ1v) is 11.0. The van der Waals surface area contributed by atoms with Gasteiger partial charge in [0.1, 0.15) is 5.82 Å². The molecule has 3 aromatic rings. The zero-order chi connectivity index (χ0) is 22.5. The van der Waals surface area contributed by atoms with Gasteiger partial charge < -0.3 is 15.0 Å². The molecule has 2 N–H and O–H groups in total. The van der Waals surface area contributed by atoms with Crippen molar-refractivity contribution in [3.8, 4) is 11.1 Å². The largest absolute Gasteiger partial charge is 0.378 e. The van der Waals surface area contributed by atoms with Crippen molar-refractivity contribution in [2.75, 3.05) is 37.0 Å². The molecule has 0 radical (unpaired) electrons. The van der Waals surface area contributed by atoms with Crippen LogP contribution in [-0.2, 0) is 11.2 Å². The van der Waals surface area contributed by atoms with Crippen LogP contribution in [0.5, 0.6) is 0 Å². The molecule has 33 heavy (non-hydrogen) atoms. The van der Waals surface area contributed by atoms with E-state index in [1.54, 1.807) is 12.4 Å². The molecule has 5 rings (SSSR count). The second kappa shape index (κ2) is 9.67. The van der Waals surface area contributed by atoms with Gasteiger partial charge in [-0.05, 0) is 65.7 Å². The summed E-state index contributed by atoms with van der Waals surface area (Å²) in [6, 6.07) is 17.7. The maximum atomic E-state index is 12.8. The first kappa shape index (κ1) is 20.9. The molecule has 1 saturated heterocycles. The van der Waals surface area contributed by atoms with E-state index in [2.05, 4.69) is 39.0 Å². The maximum absolute atomic E-state index is 12.8.